The topological polar surface area (TPSA) is 73.7 Å². The van der Waals surface area contributed by atoms with E-state index in [1.165, 1.54) is 4.68 Å². The number of aromatic nitrogens is 2. The number of benzene rings is 1. The lowest BCUT2D eigenvalue weighted by molar-refractivity contribution is -0.0425. The van der Waals surface area contributed by atoms with Crippen molar-refractivity contribution in [3.8, 4) is 0 Å². The molecule has 0 N–H and O–H groups in total. The summed E-state index contributed by atoms with van der Waals surface area (Å²) in [7, 11) is 0. The molecule has 1 fully saturated rings. The van der Waals surface area contributed by atoms with E-state index < -0.39 is 0 Å². The normalized spacial score (nSPS) is 19.3. The standard InChI is InChI=1S/C23H27N3O4/c1-17-15-24-26(20-9-5-6-14-29-20)22(27)21(17)19-10-12-25(13-11-19)23(28)30-16-18-7-3-2-4-8-18/h2-4,7-8,10,15,20H,5-6,9,11-14,16H2,1H3. The third kappa shape index (κ3) is 4.46. The third-order valence-corrected chi connectivity index (χ3v) is 5.61. The molecule has 1 aromatic heterocycles. The Labute approximate surface area is 175 Å². The zero-order valence-corrected chi connectivity index (χ0v) is 17.3. The van der Waals surface area contributed by atoms with E-state index >= 15 is 0 Å². The monoisotopic (exact) mass is 409 g/mol. The van der Waals surface area contributed by atoms with Crippen LogP contribution in [0.25, 0.3) is 5.57 Å². The lowest BCUT2D eigenvalue weighted by Gasteiger charge is -2.27. The molecule has 2 aliphatic rings. The van der Waals surface area contributed by atoms with E-state index in [1.807, 2.05) is 43.3 Å². The lowest BCUT2D eigenvalue weighted by Crippen LogP contribution is -2.37. The fraction of sp³-hybridized carbons (Fsp3) is 0.435. The first-order chi connectivity index (χ1) is 14.6. The van der Waals surface area contributed by atoms with Crippen LogP contribution in [-0.4, -0.2) is 40.5 Å². The van der Waals surface area contributed by atoms with Gasteiger partial charge in [0.2, 0.25) is 0 Å². The smallest absolute Gasteiger partial charge is 0.410 e. The minimum absolute atomic E-state index is 0.117. The molecule has 2 aliphatic heterocycles. The van der Waals surface area contributed by atoms with Crippen LogP contribution < -0.4 is 5.56 Å². The number of hydrogen-bond acceptors (Lipinski definition) is 5. The molecule has 7 heteroatoms. The van der Waals surface area contributed by atoms with Crippen molar-refractivity contribution in [2.24, 2.45) is 0 Å². The van der Waals surface area contributed by atoms with E-state index in [4.69, 9.17) is 9.47 Å². The minimum Gasteiger partial charge on any atom is -0.445 e. The maximum absolute atomic E-state index is 13.1. The van der Waals surface area contributed by atoms with Crippen molar-refractivity contribution in [3.05, 3.63) is 69.6 Å². The summed E-state index contributed by atoms with van der Waals surface area (Å²) in [5, 5.41) is 4.32. The second-order valence-corrected chi connectivity index (χ2v) is 7.74. The molecule has 1 atom stereocenters. The second kappa shape index (κ2) is 9.26. The number of hydrogen-bond donors (Lipinski definition) is 0. The van der Waals surface area contributed by atoms with Gasteiger partial charge in [0, 0.05) is 25.3 Å². The van der Waals surface area contributed by atoms with Gasteiger partial charge in [-0.1, -0.05) is 36.4 Å². The first-order valence-corrected chi connectivity index (χ1v) is 10.5. The molecule has 2 aromatic rings. The van der Waals surface area contributed by atoms with Crippen LogP contribution in [0.2, 0.25) is 0 Å². The second-order valence-electron chi connectivity index (χ2n) is 7.74. The lowest BCUT2D eigenvalue weighted by atomic mass is 9.98. The van der Waals surface area contributed by atoms with Gasteiger partial charge in [-0.3, -0.25) is 4.79 Å². The quantitative estimate of drug-likeness (QED) is 0.770. The van der Waals surface area contributed by atoms with Crippen LogP contribution in [0.4, 0.5) is 4.79 Å². The summed E-state index contributed by atoms with van der Waals surface area (Å²) in [5.74, 6) is 0. The molecule has 0 aliphatic carbocycles. The Morgan fingerprint density at radius 2 is 2.10 bits per heavy atom. The Morgan fingerprint density at radius 1 is 1.27 bits per heavy atom. The summed E-state index contributed by atoms with van der Waals surface area (Å²) in [6.45, 7) is 3.74. The maximum Gasteiger partial charge on any atom is 0.410 e. The molecule has 158 valence electrons. The van der Waals surface area contributed by atoms with E-state index in [9.17, 15) is 9.59 Å². The molecule has 3 heterocycles. The van der Waals surface area contributed by atoms with Gasteiger partial charge < -0.3 is 14.4 Å². The van der Waals surface area contributed by atoms with Gasteiger partial charge in [-0.2, -0.15) is 5.10 Å². The molecular weight excluding hydrogens is 382 g/mol. The van der Waals surface area contributed by atoms with Crippen molar-refractivity contribution >= 4 is 11.7 Å². The highest BCUT2D eigenvalue weighted by Gasteiger charge is 2.24. The number of carbonyl (C=O) groups excluding carboxylic acids is 1. The molecule has 1 amide bonds. The molecule has 4 rings (SSSR count). The summed E-state index contributed by atoms with van der Waals surface area (Å²) < 4.78 is 12.6. The number of carbonyl (C=O) groups is 1. The average molecular weight is 409 g/mol. The van der Waals surface area contributed by atoms with Crippen molar-refractivity contribution < 1.29 is 14.3 Å². The maximum atomic E-state index is 13.1. The predicted octanol–water partition coefficient (Wildman–Crippen LogP) is 3.68. The average Bonchev–Trinajstić information content (AvgIpc) is 2.79. The van der Waals surface area contributed by atoms with Crippen LogP contribution in [0.15, 0.2) is 47.4 Å². The molecule has 30 heavy (non-hydrogen) atoms. The summed E-state index contributed by atoms with van der Waals surface area (Å²) >= 11 is 0. The Hall–Kier alpha value is -2.93. The highest BCUT2D eigenvalue weighted by Crippen LogP contribution is 2.25. The SMILES string of the molecule is Cc1cnn(C2CCCCO2)c(=O)c1C1=CCN(C(=O)OCc2ccccc2)CC1. The largest absolute Gasteiger partial charge is 0.445 e. The van der Waals surface area contributed by atoms with Crippen molar-refractivity contribution in [2.75, 3.05) is 19.7 Å². The van der Waals surface area contributed by atoms with Gasteiger partial charge in [0.25, 0.3) is 5.56 Å². The van der Waals surface area contributed by atoms with E-state index in [0.717, 1.165) is 36.0 Å². The molecule has 0 spiro atoms. The number of amides is 1. The predicted molar refractivity (Wildman–Crippen MR) is 113 cm³/mol. The van der Waals surface area contributed by atoms with Crippen molar-refractivity contribution in [3.63, 3.8) is 0 Å². The third-order valence-electron chi connectivity index (χ3n) is 5.61. The van der Waals surface area contributed by atoms with Crippen molar-refractivity contribution in [2.45, 2.75) is 45.4 Å². The minimum atomic E-state index is -0.339. The molecule has 1 saturated heterocycles. The zero-order chi connectivity index (χ0) is 20.9. The van der Waals surface area contributed by atoms with Crippen LogP contribution in [0.5, 0.6) is 0 Å². The Kier molecular flexibility index (Phi) is 6.28. The number of rotatable bonds is 4. The van der Waals surface area contributed by atoms with Crippen LogP contribution in [0.3, 0.4) is 0 Å². The van der Waals surface area contributed by atoms with Gasteiger partial charge in [0.15, 0.2) is 6.23 Å². The van der Waals surface area contributed by atoms with Crippen LogP contribution in [0.1, 0.15) is 48.6 Å². The summed E-state index contributed by atoms with van der Waals surface area (Å²) in [6, 6.07) is 9.61. The molecule has 0 bridgehead atoms. The highest BCUT2D eigenvalue weighted by molar-refractivity contribution is 5.73. The van der Waals surface area contributed by atoms with Gasteiger partial charge in [0.05, 0.1) is 6.20 Å². The molecule has 0 saturated carbocycles. The van der Waals surface area contributed by atoms with E-state index in [2.05, 4.69) is 5.10 Å². The molecule has 0 radical (unpaired) electrons. The van der Waals surface area contributed by atoms with Crippen LogP contribution in [-0.2, 0) is 16.1 Å². The Morgan fingerprint density at radius 3 is 2.80 bits per heavy atom. The number of aryl methyl sites for hydroxylation is 1. The van der Waals surface area contributed by atoms with Gasteiger partial charge >= 0.3 is 6.09 Å². The molecular formula is C23H27N3O4. The van der Waals surface area contributed by atoms with E-state index in [0.29, 0.717) is 31.7 Å². The highest BCUT2D eigenvalue weighted by atomic mass is 16.6. The first kappa shape index (κ1) is 20.3. The summed E-state index contributed by atoms with van der Waals surface area (Å²) in [5.41, 5.74) is 3.32. The Bertz CT molecular complexity index is 978. The van der Waals surface area contributed by atoms with Gasteiger partial charge in [-0.05, 0) is 49.3 Å². The van der Waals surface area contributed by atoms with Crippen LogP contribution in [0, 0.1) is 6.92 Å². The Balaban J connectivity index is 1.45. The fourth-order valence-electron chi connectivity index (χ4n) is 3.93. The van der Waals surface area contributed by atoms with Gasteiger partial charge in [0.1, 0.15) is 6.61 Å². The first-order valence-electron chi connectivity index (χ1n) is 10.5. The van der Waals surface area contributed by atoms with E-state index in [1.54, 1.807) is 11.1 Å². The molecule has 7 nitrogen and oxygen atoms in total. The fourth-order valence-corrected chi connectivity index (χ4v) is 3.93. The van der Waals surface area contributed by atoms with E-state index in [-0.39, 0.29) is 24.5 Å². The van der Waals surface area contributed by atoms with Crippen molar-refractivity contribution in [1.82, 2.24) is 14.7 Å². The summed E-state index contributed by atoms with van der Waals surface area (Å²) in [6.07, 6.45) is 6.50. The van der Waals surface area contributed by atoms with Gasteiger partial charge in [-0.25, -0.2) is 9.48 Å². The summed E-state index contributed by atoms with van der Waals surface area (Å²) in [4.78, 5) is 27.2. The zero-order valence-electron chi connectivity index (χ0n) is 17.3. The molecule has 1 aromatic carbocycles. The number of nitrogens with zero attached hydrogens (tertiary/aromatic N) is 3. The van der Waals surface area contributed by atoms with Crippen LogP contribution >= 0.6 is 0 Å². The molecule has 1 unspecified atom stereocenters. The van der Waals surface area contributed by atoms with Crippen molar-refractivity contribution in [1.29, 1.82) is 0 Å². The van der Waals surface area contributed by atoms with Gasteiger partial charge in [-0.15, -0.1) is 0 Å². The number of ether oxygens (including phenoxy) is 2.